The Bertz CT molecular complexity index is 449. The van der Waals surface area contributed by atoms with E-state index >= 15 is 0 Å². The molecule has 0 aliphatic heterocycles. The summed E-state index contributed by atoms with van der Waals surface area (Å²) in [6.07, 6.45) is 0.393. The fraction of sp³-hybridized carbons (Fsp3) is 0.429. The van der Waals surface area contributed by atoms with E-state index in [9.17, 15) is 9.59 Å². The highest BCUT2D eigenvalue weighted by Crippen LogP contribution is 2.12. The topological polar surface area (TPSA) is 63.4 Å². The monoisotopic (exact) mass is 318 g/mol. The standard InChI is InChI=1S/C14H19ClN2O2.ClH/c1-10(9-16)17(2)14(19)8-7-13(18)11-3-5-12(15)6-4-11;/h3-6,10H,7-9,16H2,1-2H3;1H. The van der Waals surface area contributed by atoms with Crippen LogP contribution in [0.15, 0.2) is 24.3 Å². The molecule has 4 nitrogen and oxygen atoms in total. The second-order valence-electron chi connectivity index (χ2n) is 4.52. The first-order valence-electron chi connectivity index (χ1n) is 6.20. The summed E-state index contributed by atoms with van der Waals surface area (Å²) in [6, 6.07) is 6.65. The number of benzene rings is 1. The van der Waals surface area contributed by atoms with E-state index in [1.165, 1.54) is 0 Å². The van der Waals surface area contributed by atoms with Crippen LogP contribution in [-0.2, 0) is 4.79 Å². The number of carbonyl (C=O) groups is 2. The van der Waals surface area contributed by atoms with E-state index < -0.39 is 0 Å². The molecule has 0 saturated heterocycles. The number of amides is 1. The fourth-order valence-corrected chi connectivity index (χ4v) is 1.71. The van der Waals surface area contributed by atoms with E-state index in [2.05, 4.69) is 0 Å². The molecule has 0 heterocycles. The molecule has 0 bridgehead atoms. The van der Waals surface area contributed by atoms with Crippen molar-refractivity contribution in [2.75, 3.05) is 13.6 Å². The summed E-state index contributed by atoms with van der Waals surface area (Å²) in [5.74, 6) is -0.126. The normalized spacial score (nSPS) is 11.4. The maximum absolute atomic E-state index is 11.9. The third-order valence-electron chi connectivity index (χ3n) is 3.13. The van der Waals surface area contributed by atoms with Crippen LogP contribution < -0.4 is 5.73 Å². The second kappa shape index (κ2) is 8.95. The highest BCUT2D eigenvalue weighted by atomic mass is 35.5. The maximum atomic E-state index is 11.9. The summed E-state index contributed by atoms with van der Waals surface area (Å²) < 4.78 is 0. The van der Waals surface area contributed by atoms with Gasteiger partial charge < -0.3 is 10.6 Å². The van der Waals surface area contributed by atoms with Crippen molar-refractivity contribution in [1.29, 1.82) is 0 Å². The molecule has 6 heteroatoms. The molecule has 1 amide bonds. The van der Waals surface area contributed by atoms with Gasteiger partial charge in [0.1, 0.15) is 0 Å². The predicted molar refractivity (Wildman–Crippen MR) is 83.6 cm³/mol. The van der Waals surface area contributed by atoms with Gasteiger partial charge in [0, 0.05) is 43.1 Å². The first kappa shape index (κ1) is 18.9. The average molecular weight is 319 g/mol. The van der Waals surface area contributed by atoms with Crippen LogP contribution >= 0.6 is 24.0 Å². The van der Waals surface area contributed by atoms with Gasteiger partial charge in [0.15, 0.2) is 5.78 Å². The molecule has 20 heavy (non-hydrogen) atoms. The Kier molecular flexibility index (Phi) is 8.46. The molecule has 1 unspecified atom stereocenters. The van der Waals surface area contributed by atoms with E-state index in [1.807, 2.05) is 6.92 Å². The van der Waals surface area contributed by atoms with E-state index in [1.54, 1.807) is 36.2 Å². The summed E-state index contributed by atoms with van der Waals surface area (Å²) >= 11 is 5.75. The molecular formula is C14H20Cl2N2O2. The molecule has 0 aliphatic carbocycles. The number of hydrogen-bond donors (Lipinski definition) is 1. The van der Waals surface area contributed by atoms with Crippen molar-refractivity contribution < 1.29 is 9.59 Å². The van der Waals surface area contributed by atoms with Crippen molar-refractivity contribution in [3.8, 4) is 0 Å². The summed E-state index contributed by atoms with van der Waals surface area (Å²) in [5.41, 5.74) is 6.07. The van der Waals surface area contributed by atoms with Crippen LogP contribution in [-0.4, -0.2) is 36.2 Å². The van der Waals surface area contributed by atoms with Crippen molar-refractivity contribution in [2.24, 2.45) is 5.73 Å². The van der Waals surface area contributed by atoms with Crippen molar-refractivity contribution in [3.05, 3.63) is 34.9 Å². The van der Waals surface area contributed by atoms with Gasteiger partial charge in [0.2, 0.25) is 5.91 Å². The van der Waals surface area contributed by atoms with Crippen LogP contribution in [0.2, 0.25) is 5.02 Å². The van der Waals surface area contributed by atoms with Gasteiger partial charge in [-0.1, -0.05) is 11.6 Å². The SMILES string of the molecule is CC(CN)N(C)C(=O)CCC(=O)c1ccc(Cl)cc1.Cl. The van der Waals surface area contributed by atoms with E-state index in [-0.39, 0.29) is 43.0 Å². The minimum atomic E-state index is -0.0692. The van der Waals surface area contributed by atoms with Crippen LogP contribution in [0.25, 0.3) is 0 Å². The zero-order valence-electron chi connectivity index (χ0n) is 11.6. The summed E-state index contributed by atoms with van der Waals surface area (Å²) in [5, 5.41) is 0.587. The van der Waals surface area contributed by atoms with Gasteiger partial charge in [0.25, 0.3) is 0 Å². The number of rotatable bonds is 6. The van der Waals surface area contributed by atoms with Gasteiger partial charge in [-0.15, -0.1) is 12.4 Å². The average Bonchev–Trinajstić information content (AvgIpc) is 2.43. The molecule has 2 N–H and O–H groups in total. The zero-order valence-corrected chi connectivity index (χ0v) is 13.2. The van der Waals surface area contributed by atoms with Crippen LogP contribution in [0.5, 0.6) is 0 Å². The number of likely N-dealkylation sites (N-methyl/N-ethyl adjacent to an activating group) is 1. The smallest absolute Gasteiger partial charge is 0.223 e. The van der Waals surface area contributed by atoms with Gasteiger partial charge in [-0.3, -0.25) is 9.59 Å². The van der Waals surface area contributed by atoms with Gasteiger partial charge in [0.05, 0.1) is 0 Å². The largest absolute Gasteiger partial charge is 0.342 e. The van der Waals surface area contributed by atoms with Crippen LogP contribution in [0.4, 0.5) is 0 Å². The third kappa shape index (κ3) is 5.49. The molecule has 0 fully saturated rings. The third-order valence-corrected chi connectivity index (χ3v) is 3.38. The van der Waals surface area contributed by atoms with E-state index in [4.69, 9.17) is 17.3 Å². The Morgan fingerprint density at radius 1 is 1.25 bits per heavy atom. The molecule has 1 aromatic carbocycles. The van der Waals surface area contributed by atoms with Gasteiger partial charge in [-0.25, -0.2) is 0 Å². The summed E-state index contributed by atoms with van der Waals surface area (Å²) in [7, 11) is 1.70. The Morgan fingerprint density at radius 2 is 1.80 bits per heavy atom. The molecule has 0 aromatic heterocycles. The van der Waals surface area contributed by atoms with Crippen molar-refractivity contribution in [2.45, 2.75) is 25.8 Å². The molecular weight excluding hydrogens is 299 g/mol. The van der Waals surface area contributed by atoms with Crippen molar-refractivity contribution >= 4 is 35.7 Å². The fourth-order valence-electron chi connectivity index (χ4n) is 1.58. The highest BCUT2D eigenvalue weighted by Gasteiger charge is 2.16. The first-order chi connectivity index (χ1) is 8.95. The highest BCUT2D eigenvalue weighted by molar-refractivity contribution is 6.30. The lowest BCUT2D eigenvalue weighted by molar-refractivity contribution is -0.131. The molecule has 1 aromatic rings. The molecule has 1 atom stereocenters. The Balaban J connectivity index is 0.00000361. The lowest BCUT2D eigenvalue weighted by atomic mass is 10.1. The van der Waals surface area contributed by atoms with Gasteiger partial charge >= 0.3 is 0 Å². The number of carbonyl (C=O) groups excluding carboxylic acids is 2. The lowest BCUT2D eigenvalue weighted by Crippen LogP contribution is -2.39. The Morgan fingerprint density at radius 3 is 2.30 bits per heavy atom. The molecule has 0 saturated carbocycles. The quantitative estimate of drug-likeness (QED) is 0.820. The molecule has 1 rings (SSSR count). The first-order valence-corrected chi connectivity index (χ1v) is 6.58. The minimum absolute atomic E-state index is 0. The number of Topliss-reactive ketones (excluding diaryl/α,β-unsaturated/α-hetero) is 1. The summed E-state index contributed by atoms with van der Waals surface area (Å²) in [6.45, 7) is 2.28. The van der Waals surface area contributed by atoms with Crippen LogP contribution in [0.1, 0.15) is 30.1 Å². The lowest BCUT2D eigenvalue weighted by Gasteiger charge is -2.23. The maximum Gasteiger partial charge on any atom is 0.223 e. The zero-order chi connectivity index (χ0) is 14.4. The van der Waals surface area contributed by atoms with Crippen LogP contribution in [0, 0.1) is 0 Å². The minimum Gasteiger partial charge on any atom is -0.342 e. The van der Waals surface area contributed by atoms with Gasteiger partial charge in [-0.05, 0) is 31.2 Å². The number of nitrogens with two attached hydrogens (primary N) is 1. The number of nitrogens with zero attached hydrogens (tertiary/aromatic N) is 1. The Hall–Kier alpha value is -1.10. The molecule has 112 valence electrons. The molecule has 0 radical (unpaired) electrons. The second-order valence-corrected chi connectivity index (χ2v) is 4.96. The van der Waals surface area contributed by atoms with E-state index in [0.29, 0.717) is 17.1 Å². The van der Waals surface area contributed by atoms with Crippen molar-refractivity contribution in [1.82, 2.24) is 4.90 Å². The molecule has 0 aliphatic rings. The number of hydrogen-bond acceptors (Lipinski definition) is 3. The molecule has 0 spiro atoms. The number of ketones is 1. The predicted octanol–water partition coefficient (Wildman–Crippen LogP) is 2.53. The summed E-state index contributed by atoms with van der Waals surface area (Å²) in [4.78, 5) is 25.3. The van der Waals surface area contributed by atoms with Crippen LogP contribution in [0.3, 0.4) is 0 Å². The van der Waals surface area contributed by atoms with E-state index in [0.717, 1.165) is 0 Å². The number of halogens is 2. The van der Waals surface area contributed by atoms with Gasteiger partial charge in [-0.2, -0.15) is 0 Å². The Labute approximate surface area is 130 Å². The van der Waals surface area contributed by atoms with Crippen molar-refractivity contribution in [3.63, 3.8) is 0 Å².